The highest BCUT2D eigenvalue weighted by Crippen LogP contribution is 2.27. The quantitative estimate of drug-likeness (QED) is 0.292. The molecule has 0 saturated heterocycles. The molecule has 0 atom stereocenters. The molecule has 1 aliphatic heterocycles. The van der Waals surface area contributed by atoms with Crippen LogP contribution in [-0.2, 0) is 8.23 Å². The van der Waals surface area contributed by atoms with Gasteiger partial charge in [-0.1, -0.05) is 72.8 Å². The standard InChI is InChI=1S/C28H36O2Si4/c1-31(2)23-17-9-13-21-14-10-18-24(27(21)23)33(5,6)30-34(7,8)26-20-12-16-22-15-11-19-25(28(22)26)32(3,4)29-31/h9-20H,1-8H3. The molecule has 0 amide bonds. The Hall–Kier alpha value is -1.81. The summed E-state index contributed by atoms with van der Waals surface area (Å²) in [6.45, 7) is 19.1. The number of benzene rings is 4. The molecule has 0 aromatic heterocycles. The second kappa shape index (κ2) is 7.85. The van der Waals surface area contributed by atoms with E-state index in [0.29, 0.717) is 0 Å². The Labute approximate surface area is 208 Å². The minimum Gasteiger partial charge on any atom is -0.449 e. The molecule has 0 unspecified atom stereocenters. The maximum Gasteiger partial charge on any atom is 0.206 e. The fourth-order valence-corrected chi connectivity index (χ4v) is 23.9. The van der Waals surface area contributed by atoms with Gasteiger partial charge in [-0.2, -0.15) is 0 Å². The lowest BCUT2D eigenvalue weighted by atomic mass is 10.1. The highest BCUT2D eigenvalue weighted by Gasteiger charge is 2.43. The van der Waals surface area contributed by atoms with Gasteiger partial charge in [-0.25, -0.2) is 0 Å². The highest BCUT2D eigenvalue weighted by atomic mass is 28.4. The summed E-state index contributed by atoms with van der Waals surface area (Å²) < 4.78 is 14.8. The predicted octanol–water partition coefficient (Wildman–Crippen LogP) is 5.39. The monoisotopic (exact) mass is 516 g/mol. The molecule has 1 aliphatic rings. The summed E-state index contributed by atoms with van der Waals surface area (Å²) in [6, 6.07) is 27.2. The van der Waals surface area contributed by atoms with Crippen LogP contribution >= 0.6 is 0 Å². The SMILES string of the molecule is C[Si]1(C)O[Si](C)(C)c2cccc3cccc(c23)[Si](C)(C)O[Si](C)(C)c2cccc3cccc1c23. The van der Waals surface area contributed by atoms with Gasteiger partial charge in [-0.15, -0.1) is 0 Å². The topological polar surface area (TPSA) is 18.5 Å². The molecule has 1 heterocycles. The zero-order valence-corrected chi connectivity index (χ0v) is 25.7. The van der Waals surface area contributed by atoms with Crippen molar-refractivity contribution in [3.63, 3.8) is 0 Å². The van der Waals surface area contributed by atoms with Crippen LogP contribution in [0.1, 0.15) is 0 Å². The van der Waals surface area contributed by atoms with Gasteiger partial charge in [0.2, 0.25) is 33.3 Å². The lowest BCUT2D eigenvalue weighted by Gasteiger charge is -2.40. The lowest BCUT2D eigenvalue weighted by molar-refractivity contribution is 0.573. The first-order valence-corrected chi connectivity index (χ1v) is 23.9. The van der Waals surface area contributed by atoms with Crippen molar-refractivity contribution in [1.82, 2.24) is 0 Å². The third kappa shape index (κ3) is 3.81. The Kier molecular flexibility index (Phi) is 5.52. The zero-order chi connectivity index (χ0) is 24.5. The van der Waals surface area contributed by atoms with Crippen molar-refractivity contribution in [3.05, 3.63) is 72.8 Å². The third-order valence-electron chi connectivity index (χ3n) is 7.42. The molecule has 0 bridgehead atoms. The molecule has 0 fully saturated rings. The van der Waals surface area contributed by atoms with Crippen molar-refractivity contribution in [2.75, 3.05) is 0 Å². The van der Waals surface area contributed by atoms with Gasteiger partial charge in [0, 0.05) is 0 Å². The van der Waals surface area contributed by atoms with E-state index in [1.807, 2.05) is 0 Å². The molecule has 5 rings (SSSR count). The van der Waals surface area contributed by atoms with Crippen molar-refractivity contribution in [2.24, 2.45) is 0 Å². The van der Waals surface area contributed by atoms with Crippen LogP contribution in [0.5, 0.6) is 0 Å². The smallest absolute Gasteiger partial charge is 0.206 e. The Bertz CT molecular complexity index is 1220. The summed E-state index contributed by atoms with van der Waals surface area (Å²) >= 11 is 0. The van der Waals surface area contributed by atoms with Crippen LogP contribution < -0.4 is 20.7 Å². The molecule has 4 aromatic carbocycles. The summed E-state index contributed by atoms with van der Waals surface area (Å²) in [4.78, 5) is 0. The second-order valence-corrected chi connectivity index (χ2v) is 27.5. The number of hydrogen-bond acceptors (Lipinski definition) is 2. The van der Waals surface area contributed by atoms with Crippen LogP contribution in [0.15, 0.2) is 72.8 Å². The largest absolute Gasteiger partial charge is 0.449 e. The fraction of sp³-hybridized carbons (Fsp3) is 0.286. The van der Waals surface area contributed by atoms with Crippen LogP contribution in [0.4, 0.5) is 0 Å². The fourth-order valence-electron chi connectivity index (χ4n) is 6.18. The molecular weight excluding hydrogens is 481 g/mol. The minimum atomic E-state index is -2.25. The van der Waals surface area contributed by atoms with Crippen molar-refractivity contribution < 1.29 is 8.23 Å². The summed E-state index contributed by atoms with van der Waals surface area (Å²) in [6.07, 6.45) is 0. The number of rotatable bonds is 0. The van der Waals surface area contributed by atoms with Crippen molar-refractivity contribution >= 4 is 75.6 Å². The molecule has 176 valence electrons. The van der Waals surface area contributed by atoms with Crippen LogP contribution in [0, 0.1) is 0 Å². The van der Waals surface area contributed by atoms with Gasteiger partial charge >= 0.3 is 0 Å². The zero-order valence-electron chi connectivity index (χ0n) is 21.7. The van der Waals surface area contributed by atoms with Crippen molar-refractivity contribution in [3.8, 4) is 0 Å². The van der Waals surface area contributed by atoms with Crippen LogP contribution in [-0.4, -0.2) is 33.3 Å². The van der Waals surface area contributed by atoms with Gasteiger partial charge in [0.1, 0.15) is 0 Å². The lowest BCUT2D eigenvalue weighted by Crippen LogP contribution is -2.63. The molecular formula is C28H36O2Si4. The van der Waals surface area contributed by atoms with E-state index in [2.05, 4.69) is 125 Å². The molecule has 0 radical (unpaired) electrons. The molecule has 34 heavy (non-hydrogen) atoms. The van der Waals surface area contributed by atoms with E-state index < -0.39 is 33.3 Å². The van der Waals surface area contributed by atoms with Gasteiger partial charge in [0.15, 0.2) is 0 Å². The normalized spacial score (nSPS) is 20.5. The van der Waals surface area contributed by atoms with E-state index in [-0.39, 0.29) is 0 Å². The maximum atomic E-state index is 7.40. The maximum absolute atomic E-state index is 7.40. The van der Waals surface area contributed by atoms with E-state index >= 15 is 0 Å². The summed E-state index contributed by atoms with van der Waals surface area (Å²) in [5.41, 5.74) is 0. The van der Waals surface area contributed by atoms with E-state index in [9.17, 15) is 0 Å². The van der Waals surface area contributed by atoms with E-state index in [0.717, 1.165) is 0 Å². The third-order valence-corrected chi connectivity index (χ3v) is 22.4. The molecule has 2 nitrogen and oxygen atoms in total. The first kappa shape index (κ1) is 23.9. The number of hydrogen-bond donors (Lipinski definition) is 0. The Morgan fingerprint density at radius 1 is 0.382 bits per heavy atom. The predicted molar refractivity (Wildman–Crippen MR) is 159 cm³/mol. The molecule has 0 spiro atoms. The molecule has 4 aromatic rings. The summed E-state index contributed by atoms with van der Waals surface area (Å²) in [5, 5.41) is 11.0. The Morgan fingerprint density at radius 2 is 0.618 bits per heavy atom. The Morgan fingerprint density at radius 3 is 0.853 bits per heavy atom. The molecule has 0 aliphatic carbocycles. The minimum absolute atomic E-state index is 1.31. The van der Waals surface area contributed by atoms with E-state index in [1.54, 1.807) is 0 Å². The first-order valence-electron chi connectivity index (χ1n) is 12.3. The molecule has 6 heteroatoms. The summed E-state index contributed by atoms with van der Waals surface area (Å²) in [5.74, 6) is 0. The van der Waals surface area contributed by atoms with Gasteiger partial charge in [-0.05, 0) is 94.7 Å². The Balaban J connectivity index is 1.91. The van der Waals surface area contributed by atoms with Gasteiger partial charge in [0.25, 0.3) is 0 Å². The summed E-state index contributed by atoms with van der Waals surface area (Å²) in [7, 11) is -9.00. The van der Waals surface area contributed by atoms with Gasteiger partial charge in [0.05, 0.1) is 0 Å². The van der Waals surface area contributed by atoms with Crippen LogP contribution in [0.2, 0.25) is 52.4 Å². The van der Waals surface area contributed by atoms with E-state index in [1.165, 1.54) is 42.3 Å². The van der Waals surface area contributed by atoms with Crippen LogP contribution in [0.3, 0.4) is 0 Å². The van der Waals surface area contributed by atoms with Gasteiger partial charge in [-0.3, -0.25) is 0 Å². The van der Waals surface area contributed by atoms with Crippen molar-refractivity contribution in [2.45, 2.75) is 52.4 Å². The average Bonchev–Trinajstić information content (AvgIpc) is 2.75. The first-order chi connectivity index (χ1) is 15.8. The van der Waals surface area contributed by atoms with Crippen molar-refractivity contribution in [1.29, 1.82) is 0 Å². The van der Waals surface area contributed by atoms with Crippen LogP contribution in [0.25, 0.3) is 21.5 Å². The van der Waals surface area contributed by atoms with E-state index in [4.69, 9.17) is 8.23 Å². The average molecular weight is 517 g/mol. The molecule has 0 N–H and O–H groups in total. The second-order valence-electron chi connectivity index (χ2n) is 11.7. The highest BCUT2D eigenvalue weighted by molar-refractivity contribution is 7.02. The molecule has 0 saturated carbocycles. The van der Waals surface area contributed by atoms with Gasteiger partial charge < -0.3 is 8.23 Å².